The Kier molecular flexibility index (Phi) is 6.64. The normalized spacial score (nSPS) is 12.2. The van der Waals surface area contributed by atoms with Gasteiger partial charge >= 0.3 is 0 Å². The predicted octanol–water partition coefficient (Wildman–Crippen LogP) is 6.47. The molecule has 0 unspecified atom stereocenters. The van der Waals surface area contributed by atoms with Crippen molar-refractivity contribution >= 4 is 11.1 Å². The van der Waals surface area contributed by atoms with Crippen molar-refractivity contribution in [3.8, 4) is 11.8 Å². The highest BCUT2D eigenvalue weighted by Crippen LogP contribution is 2.19. The smallest absolute Gasteiger partial charge is 0.0284 e. The summed E-state index contributed by atoms with van der Waals surface area (Å²) >= 11 is 0. The van der Waals surface area contributed by atoms with Crippen LogP contribution in [0.1, 0.15) is 38.8 Å². The minimum absolute atomic E-state index is 0.462. The standard InChI is InChI=1S/C24H26/c1-19(2)17-23(21-11-7-5-8-12-21)15-16-24(18-20(3)4)22-13-9-6-10-14-22/h5-14,17-20H,1-4H3. The first kappa shape index (κ1) is 17.8. The lowest BCUT2D eigenvalue weighted by Gasteiger charge is -2.05. The highest BCUT2D eigenvalue weighted by atomic mass is 14.1. The molecule has 2 aromatic rings. The summed E-state index contributed by atoms with van der Waals surface area (Å²) in [7, 11) is 0. The first-order valence-corrected chi connectivity index (χ1v) is 8.62. The number of benzene rings is 2. The third kappa shape index (κ3) is 5.60. The van der Waals surface area contributed by atoms with Crippen LogP contribution in [0.2, 0.25) is 0 Å². The second-order valence-corrected chi connectivity index (χ2v) is 6.63. The maximum atomic E-state index is 3.41. The second kappa shape index (κ2) is 8.94. The van der Waals surface area contributed by atoms with Crippen molar-refractivity contribution in [2.24, 2.45) is 11.8 Å². The molecule has 0 fully saturated rings. The van der Waals surface area contributed by atoms with E-state index in [0.717, 1.165) is 11.1 Å². The predicted molar refractivity (Wildman–Crippen MR) is 106 cm³/mol. The van der Waals surface area contributed by atoms with Crippen molar-refractivity contribution in [2.75, 3.05) is 0 Å². The largest absolute Gasteiger partial charge is 0.0656 e. The molecule has 0 heteroatoms. The van der Waals surface area contributed by atoms with Gasteiger partial charge in [0, 0.05) is 11.1 Å². The molecular weight excluding hydrogens is 288 g/mol. The molecular formula is C24H26. The molecule has 0 atom stereocenters. The summed E-state index contributed by atoms with van der Waals surface area (Å²) in [6.45, 7) is 8.75. The molecule has 0 heterocycles. The fraction of sp³-hybridized carbons (Fsp3) is 0.250. The fourth-order valence-electron chi connectivity index (χ4n) is 2.46. The summed E-state index contributed by atoms with van der Waals surface area (Å²) in [6.07, 6.45) is 4.47. The van der Waals surface area contributed by atoms with Crippen LogP contribution in [-0.2, 0) is 0 Å². The molecule has 0 saturated heterocycles. The molecule has 0 aliphatic rings. The summed E-state index contributed by atoms with van der Waals surface area (Å²) < 4.78 is 0. The highest BCUT2D eigenvalue weighted by Gasteiger charge is 2.02. The molecule has 0 aliphatic heterocycles. The van der Waals surface area contributed by atoms with Gasteiger partial charge in [0.1, 0.15) is 0 Å². The Hall–Kier alpha value is -2.52. The van der Waals surface area contributed by atoms with E-state index in [4.69, 9.17) is 0 Å². The van der Waals surface area contributed by atoms with Crippen molar-refractivity contribution in [2.45, 2.75) is 27.7 Å². The molecule has 0 bridgehead atoms. The Bertz CT molecular complexity index is 682. The molecule has 2 aromatic carbocycles. The molecule has 0 aromatic heterocycles. The van der Waals surface area contributed by atoms with Crippen LogP contribution < -0.4 is 0 Å². The minimum atomic E-state index is 0.462. The molecule has 0 nitrogen and oxygen atoms in total. The van der Waals surface area contributed by atoms with Gasteiger partial charge in [-0.15, -0.1) is 0 Å². The van der Waals surface area contributed by atoms with Crippen molar-refractivity contribution in [3.05, 3.63) is 83.9 Å². The lowest BCUT2D eigenvalue weighted by Crippen LogP contribution is -1.89. The van der Waals surface area contributed by atoms with Crippen LogP contribution in [0.3, 0.4) is 0 Å². The Morgan fingerprint density at radius 1 is 0.625 bits per heavy atom. The second-order valence-electron chi connectivity index (χ2n) is 6.63. The SMILES string of the molecule is CC(C)C=C(C#CC(=CC(C)C)c1ccccc1)c1ccccc1. The van der Waals surface area contributed by atoms with Gasteiger partial charge in [-0.05, 0) is 23.0 Å². The minimum Gasteiger partial charge on any atom is -0.0656 e. The van der Waals surface area contributed by atoms with Crippen LogP contribution in [0, 0.1) is 23.7 Å². The average molecular weight is 314 g/mol. The van der Waals surface area contributed by atoms with Crippen LogP contribution in [0.5, 0.6) is 0 Å². The molecule has 0 radical (unpaired) electrons. The zero-order valence-electron chi connectivity index (χ0n) is 15.1. The van der Waals surface area contributed by atoms with Crippen LogP contribution in [0.15, 0.2) is 72.8 Å². The number of rotatable bonds is 4. The van der Waals surface area contributed by atoms with Gasteiger partial charge in [0.15, 0.2) is 0 Å². The van der Waals surface area contributed by atoms with E-state index in [-0.39, 0.29) is 0 Å². The van der Waals surface area contributed by atoms with Gasteiger partial charge in [-0.2, -0.15) is 0 Å². The summed E-state index contributed by atoms with van der Waals surface area (Å²) in [5, 5.41) is 0. The van der Waals surface area contributed by atoms with Gasteiger partial charge in [0.05, 0.1) is 0 Å². The number of hydrogen-bond donors (Lipinski definition) is 0. The summed E-state index contributed by atoms with van der Waals surface area (Å²) in [5.41, 5.74) is 4.54. The zero-order chi connectivity index (χ0) is 17.4. The van der Waals surface area contributed by atoms with E-state index in [9.17, 15) is 0 Å². The van der Waals surface area contributed by atoms with Crippen LogP contribution in [-0.4, -0.2) is 0 Å². The van der Waals surface area contributed by atoms with E-state index in [1.165, 1.54) is 11.1 Å². The monoisotopic (exact) mass is 314 g/mol. The van der Waals surface area contributed by atoms with Crippen LogP contribution in [0.4, 0.5) is 0 Å². The molecule has 0 spiro atoms. The molecule has 0 N–H and O–H groups in total. The Balaban J connectivity index is 2.44. The first-order valence-electron chi connectivity index (χ1n) is 8.62. The van der Waals surface area contributed by atoms with Crippen LogP contribution >= 0.6 is 0 Å². The maximum absolute atomic E-state index is 3.41. The Morgan fingerprint density at radius 3 is 1.25 bits per heavy atom. The van der Waals surface area contributed by atoms with E-state index < -0.39 is 0 Å². The van der Waals surface area contributed by atoms with E-state index >= 15 is 0 Å². The van der Waals surface area contributed by atoms with Gasteiger partial charge < -0.3 is 0 Å². The van der Waals surface area contributed by atoms with Gasteiger partial charge in [-0.3, -0.25) is 0 Å². The van der Waals surface area contributed by atoms with Crippen molar-refractivity contribution in [3.63, 3.8) is 0 Å². The summed E-state index contributed by atoms with van der Waals surface area (Å²) in [5.74, 6) is 7.75. The topological polar surface area (TPSA) is 0 Å². The first-order chi connectivity index (χ1) is 11.6. The Morgan fingerprint density at radius 2 is 0.958 bits per heavy atom. The lowest BCUT2D eigenvalue weighted by molar-refractivity contribution is 0.834. The molecule has 0 saturated carbocycles. The fourth-order valence-corrected chi connectivity index (χ4v) is 2.46. The number of allylic oxidation sites excluding steroid dienone is 4. The molecule has 24 heavy (non-hydrogen) atoms. The van der Waals surface area contributed by atoms with E-state index in [0.29, 0.717) is 11.8 Å². The summed E-state index contributed by atoms with van der Waals surface area (Å²) in [6, 6.07) is 20.8. The molecule has 122 valence electrons. The van der Waals surface area contributed by atoms with Gasteiger partial charge in [0.25, 0.3) is 0 Å². The molecule has 2 rings (SSSR count). The van der Waals surface area contributed by atoms with Crippen molar-refractivity contribution in [1.82, 2.24) is 0 Å². The van der Waals surface area contributed by atoms with Gasteiger partial charge in [-0.25, -0.2) is 0 Å². The van der Waals surface area contributed by atoms with Crippen LogP contribution in [0.25, 0.3) is 11.1 Å². The average Bonchev–Trinajstić information content (AvgIpc) is 2.58. The van der Waals surface area contributed by atoms with E-state index in [1.54, 1.807) is 0 Å². The maximum Gasteiger partial charge on any atom is 0.0284 e. The Labute approximate surface area is 146 Å². The molecule has 0 aliphatic carbocycles. The van der Waals surface area contributed by atoms with Gasteiger partial charge in [-0.1, -0.05) is 112 Å². The molecule has 0 amide bonds. The lowest BCUT2D eigenvalue weighted by atomic mass is 9.99. The number of hydrogen-bond acceptors (Lipinski definition) is 0. The highest BCUT2D eigenvalue weighted by molar-refractivity contribution is 5.86. The van der Waals surface area contributed by atoms with Crippen molar-refractivity contribution < 1.29 is 0 Å². The quantitative estimate of drug-likeness (QED) is 0.567. The zero-order valence-corrected chi connectivity index (χ0v) is 15.1. The van der Waals surface area contributed by atoms with Gasteiger partial charge in [0.2, 0.25) is 0 Å². The van der Waals surface area contributed by atoms with E-state index in [2.05, 4.69) is 100 Å². The summed E-state index contributed by atoms with van der Waals surface area (Å²) in [4.78, 5) is 0. The van der Waals surface area contributed by atoms with Crippen molar-refractivity contribution in [1.29, 1.82) is 0 Å². The van der Waals surface area contributed by atoms with E-state index in [1.807, 2.05) is 12.1 Å². The third-order valence-electron chi connectivity index (χ3n) is 3.50. The third-order valence-corrected chi connectivity index (χ3v) is 3.50.